The fourth-order valence-corrected chi connectivity index (χ4v) is 1.19. The van der Waals surface area contributed by atoms with Gasteiger partial charge in [0.1, 0.15) is 5.76 Å². The lowest BCUT2D eigenvalue weighted by Gasteiger charge is -2.13. The zero-order chi connectivity index (χ0) is 12.1. The maximum atomic E-state index is 11.7. The molecular weight excluding hydrogens is 212 g/mol. The molecule has 0 saturated carbocycles. The zero-order valence-corrected chi connectivity index (χ0v) is 9.27. The Labute approximate surface area is 92.9 Å². The Balaban J connectivity index is 2.45. The molecule has 1 N–H and O–H groups in total. The van der Waals surface area contributed by atoms with Crippen molar-refractivity contribution in [3.63, 3.8) is 0 Å². The molecule has 0 unspecified atom stereocenters. The number of aliphatic carboxylic acids is 1. The molecule has 0 radical (unpaired) electrons. The average molecular weight is 226 g/mol. The number of aryl methyl sites for hydroxylation is 1. The topological polar surface area (TPSA) is 83.6 Å². The van der Waals surface area contributed by atoms with Gasteiger partial charge in [0.25, 0.3) is 5.89 Å². The first-order valence-corrected chi connectivity index (χ1v) is 4.90. The number of oxazole rings is 1. The van der Waals surface area contributed by atoms with E-state index in [0.717, 1.165) is 0 Å². The molecule has 0 spiro atoms. The van der Waals surface area contributed by atoms with Crippen LogP contribution in [0.2, 0.25) is 0 Å². The van der Waals surface area contributed by atoms with Gasteiger partial charge in [-0.25, -0.2) is 4.98 Å². The molecule has 0 bridgehead atoms. The number of hydrogen-bond acceptors (Lipinski definition) is 4. The van der Waals surface area contributed by atoms with Crippen LogP contribution in [0.1, 0.15) is 29.3 Å². The quantitative estimate of drug-likeness (QED) is 0.807. The van der Waals surface area contributed by atoms with Crippen LogP contribution in [0.25, 0.3) is 0 Å². The van der Waals surface area contributed by atoms with Gasteiger partial charge in [0, 0.05) is 20.0 Å². The molecule has 0 aliphatic carbocycles. The van der Waals surface area contributed by atoms with Crippen LogP contribution >= 0.6 is 0 Å². The van der Waals surface area contributed by atoms with Crippen LogP contribution in [0.3, 0.4) is 0 Å². The van der Waals surface area contributed by atoms with Crippen molar-refractivity contribution in [1.29, 1.82) is 0 Å². The van der Waals surface area contributed by atoms with Gasteiger partial charge in [-0.3, -0.25) is 9.59 Å². The van der Waals surface area contributed by atoms with Crippen LogP contribution in [0.5, 0.6) is 0 Å². The molecule has 0 aliphatic heterocycles. The average Bonchev–Trinajstić information content (AvgIpc) is 2.63. The van der Waals surface area contributed by atoms with E-state index in [1.165, 1.54) is 11.1 Å². The highest BCUT2D eigenvalue weighted by Gasteiger charge is 2.16. The monoisotopic (exact) mass is 226 g/mol. The van der Waals surface area contributed by atoms with Gasteiger partial charge in [-0.05, 0) is 13.3 Å². The fourth-order valence-electron chi connectivity index (χ4n) is 1.19. The van der Waals surface area contributed by atoms with Gasteiger partial charge in [0.2, 0.25) is 0 Å². The number of amides is 1. The molecule has 0 fully saturated rings. The minimum Gasteiger partial charge on any atom is -0.481 e. The van der Waals surface area contributed by atoms with E-state index in [-0.39, 0.29) is 18.2 Å². The highest BCUT2D eigenvalue weighted by molar-refractivity contribution is 5.89. The largest absolute Gasteiger partial charge is 0.481 e. The van der Waals surface area contributed by atoms with E-state index < -0.39 is 5.97 Å². The number of carboxylic acids is 1. The minimum atomic E-state index is -0.868. The van der Waals surface area contributed by atoms with Crippen molar-refractivity contribution < 1.29 is 19.1 Å². The van der Waals surface area contributed by atoms with E-state index >= 15 is 0 Å². The second-order valence-corrected chi connectivity index (χ2v) is 3.50. The minimum absolute atomic E-state index is 0.0373. The predicted octanol–water partition coefficient (Wildman–Crippen LogP) is 0.920. The lowest BCUT2D eigenvalue weighted by molar-refractivity contribution is -0.137. The van der Waals surface area contributed by atoms with Crippen molar-refractivity contribution in [2.24, 2.45) is 0 Å². The lowest BCUT2D eigenvalue weighted by Crippen LogP contribution is -2.28. The number of carboxylic acid groups (broad SMARTS) is 1. The van der Waals surface area contributed by atoms with E-state index in [4.69, 9.17) is 9.52 Å². The summed E-state index contributed by atoms with van der Waals surface area (Å²) in [5.74, 6) is -0.594. The Morgan fingerprint density at radius 1 is 1.56 bits per heavy atom. The third kappa shape index (κ3) is 3.38. The van der Waals surface area contributed by atoms with E-state index in [1.807, 2.05) is 0 Å². The molecule has 0 atom stereocenters. The maximum Gasteiger partial charge on any atom is 0.309 e. The van der Waals surface area contributed by atoms with Crippen LogP contribution in [-0.4, -0.2) is 40.5 Å². The van der Waals surface area contributed by atoms with Crippen LogP contribution in [0.15, 0.2) is 10.6 Å². The molecule has 0 aromatic carbocycles. The van der Waals surface area contributed by atoms with Crippen molar-refractivity contribution in [2.75, 3.05) is 13.6 Å². The number of hydrogen-bond donors (Lipinski definition) is 1. The van der Waals surface area contributed by atoms with Crippen LogP contribution in [-0.2, 0) is 4.79 Å². The summed E-state index contributed by atoms with van der Waals surface area (Å²) in [5.41, 5.74) is 0. The number of aromatic nitrogens is 1. The number of nitrogens with zero attached hydrogens (tertiary/aromatic N) is 2. The maximum absolute atomic E-state index is 11.7. The van der Waals surface area contributed by atoms with E-state index in [1.54, 1.807) is 14.0 Å². The van der Waals surface area contributed by atoms with E-state index in [2.05, 4.69) is 4.98 Å². The van der Waals surface area contributed by atoms with Gasteiger partial charge in [-0.2, -0.15) is 0 Å². The molecule has 0 aliphatic rings. The second-order valence-electron chi connectivity index (χ2n) is 3.50. The Morgan fingerprint density at radius 3 is 2.75 bits per heavy atom. The molecule has 6 nitrogen and oxygen atoms in total. The molecule has 0 saturated heterocycles. The standard InChI is InChI=1S/C10H14N2O4/c1-7-6-11-9(16-7)10(15)12(2)5-3-4-8(13)14/h6H,3-5H2,1-2H3,(H,13,14). The van der Waals surface area contributed by atoms with Gasteiger partial charge in [-0.1, -0.05) is 0 Å². The molecule has 1 amide bonds. The van der Waals surface area contributed by atoms with Crippen LogP contribution in [0, 0.1) is 6.92 Å². The molecule has 1 heterocycles. The van der Waals surface area contributed by atoms with Crippen molar-refractivity contribution in [2.45, 2.75) is 19.8 Å². The second kappa shape index (κ2) is 5.29. The summed E-state index contributed by atoms with van der Waals surface area (Å²) in [6.45, 7) is 2.07. The van der Waals surface area contributed by atoms with Gasteiger partial charge >= 0.3 is 11.9 Å². The Hall–Kier alpha value is -1.85. The third-order valence-corrected chi connectivity index (χ3v) is 2.04. The fraction of sp³-hybridized carbons (Fsp3) is 0.500. The first-order valence-electron chi connectivity index (χ1n) is 4.90. The molecule has 1 aromatic rings. The predicted molar refractivity (Wildman–Crippen MR) is 55.1 cm³/mol. The van der Waals surface area contributed by atoms with Gasteiger partial charge in [-0.15, -0.1) is 0 Å². The first kappa shape index (κ1) is 12.2. The normalized spacial score (nSPS) is 10.1. The van der Waals surface area contributed by atoms with Gasteiger partial charge < -0.3 is 14.4 Å². The third-order valence-electron chi connectivity index (χ3n) is 2.04. The summed E-state index contributed by atoms with van der Waals surface area (Å²) in [6.07, 6.45) is 1.93. The Kier molecular flexibility index (Phi) is 4.04. The van der Waals surface area contributed by atoms with Crippen LogP contribution in [0.4, 0.5) is 0 Å². The summed E-state index contributed by atoms with van der Waals surface area (Å²) in [6, 6.07) is 0. The number of rotatable bonds is 5. The van der Waals surface area contributed by atoms with E-state index in [9.17, 15) is 9.59 Å². The number of carbonyl (C=O) groups is 2. The van der Waals surface area contributed by atoms with Crippen molar-refractivity contribution >= 4 is 11.9 Å². The van der Waals surface area contributed by atoms with Gasteiger partial charge in [0.05, 0.1) is 6.20 Å². The first-order chi connectivity index (χ1) is 7.50. The molecular formula is C10H14N2O4. The number of carbonyl (C=O) groups excluding carboxylic acids is 1. The van der Waals surface area contributed by atoms with Crippen molar-refractivity contribution in [3.05, 3.63) is 17.8 Å². The highest BCUT2D eigenvalue weighted by atomic mass is 16.4. The van der Waals surface area contributed by atoms with Gasteiger partial charge in [0.15, 0.2) is 0 Å². The Morgan fingerprint density at radius 2 is 2.25 bits per heavy atom. The molecule has 16 heavy (non-hydrogen) atoms. The molecule has 6 heteroatoms. The van der Waals surface area contributed by atoms with Crippen LogP contribution < -0.4 is 0 Å². The lowest BCUT2D eigenvalue weighted by atomic mass is 10.3. The van der Waals surface area contributed by atoms with Crippen molar-refractivity contribution in [3.8, 4) is 0 Å². The molecule has 1 rings (SSSR count). The van der Waals surface area contributed by atoms with Crippen molar-refractivity contribution in [1.82, 2.24) is 9.88 Å². The Bertz CT molecular complexity index is 386. The summed E-state index contributed by atoms with van der Waals surface area (Å²) >= 11 is 0. The zero-order valence-electron chi connectivity index (χ0n) is 9.27. The summed E-state index contributed by atoms with van der Waals surface area (Å²) in [7, 11) is 1.59. The summed E-state index contributed by atoms with van der Waals surface area (Å²) < 4.78 is 5.08. The SMILES string of the molecule is Cc1cnc(C(=O)N(C)CCCC(=O)O)o1. The summed E-state index contributed by atoms with van der Waals surface area (Å²) in [4.78, 5) is 27.1. The smallest absolute Gasteiger partial charge is 0.309 e. The van der Waals surface area contributed by atoms with E-state index in [0.29, 0.717) is 18.7 Å². The summed E-state index contributed by atoms with van der Waals surface area (Å²) in [5, 5.41) is 8.45. The molecule has 1 aromatic heterocycles. The molecule has 88 valence electrons. The highest BCUT2D eigenvalue weighted by Crippen LogP contribution is 2.05.